The molecule has 0 saturated carbocycles. The molecule has 0 aliphatic carbocycles. The van der Waals surface area contributed by atoms with E-state index in [1.165, 1.54) is 0 Å². The Hall–Kier alpha value is -1.53. The molecule has 16 heavy (non-hydrogen) atoms. The second-order valence-corrected chi connectivity index (χ2v) is 4.34. The summed E-state index contributed by atoms with van der Waals surface area (Å²) < 4.78 is 0. The zero-order valence-electron chi connectivity index (χ0n) is 9.48. The van der Waals surface area contributed by atoms with Crippen LogP contribution in [0.5, 0.6) is 5.75 Å². The number of nitrogens with zero attached hydrogens (tertiary/aromatic N) is 2. The van der Waals surface area contributed by atoms with Crippen LogP contribution in [0.1, 0.15) is 30.0 Å². The first-order valence-electron chi connectivity index (χ1n) is 5.65. The molecular weight excluding hydrogens is 200 g/mol. The number of rotatable bonds is 2. The van der Waals surface area contributed by atoms with Gasteiger partial charge in [0.05, 0.1) is 6.07 Å². The van der Waals surface area contributed by atoms with Gasteiger partial charge in [-0.05, 0) is 45.0 Å². The summed E-state index contributed by atoms with van der Waals surface area (Å²) in [4.78, 5) is 2.13. The monoisotopic (exact) mass is 216 g/mol. The molecule has 1 aromatic carbocycles. The maximum Gasteiger partial charge on any atom is 0.127 e. The van der Waals surface area contributed by atoms with Crippen molar-refractivity contribution in [2.75, 3.05) is 13.1 Å². The van der Waals surface area contributed by atoms with Gasteiger partial charge < -0.3 is 5.11 Å². The molecule has 3 heteroatoms. The quantitative estimate of drug-likeness (QED) is 0.825. The number of hydrogen-bond donors (Lipinski definition) is 1. The smallest absolute Gasteiger partial charge is 0.127 e. The van der Waals surface area contributed by atoms with Gasteiger partial charge in [-0.2, -0.15) is 5.26 Å². The van der Waals surface area contributed by atoms with Gasteiger partial charge in [-0.1, -0.05) is 11.6 Å². The van der Waals surface area contributed by atoms with Crippen LogP contribution in [0.4, 0.5) is 0 Å². The molecule has 0 bridgehead atoms. The van der Waals surface area contributed by atoms with Gasteiger partial charge >= 0.3 is 0 Å². The van der Waals surface area contributed by atoms with Crippen LogP contribution in [0.15, 0.2) is 18.2 Å². The lowest BCUT2D eigenvalue weighted by molar-refractivity contribution is 0.288. The minimum atomic E-state index is -0.303. The van der Waals surface area contributed by atoms with Crippen LogP contribution < -0.4 is 0 Å². The van der Waals surface area contributed by atoms with Crippen LogP contribution in [0.3, 0.4) is 0 Å². The molecule has 1 aliphatic heterocycles. The van der Waals surface area contributed by atoms with Crippen molar-refractivity contribution in [2.24, 2.45) is 0 Å². The lowest BCUT2D eigenvalue weighted by Crippen LogP contribution is -2.24. The molecular formula is C13H16N2O. The van der Waals surface area contributed by atoms with Crippen LogP contribution in [-0.2, 0) is 0 Å². The summed E-state index contributed by atoms with van der Waals surface area (Å²) in [5.41, 5.74) is 1.82. The molecule has 1 unspecified atom stereocenters. The average molecular weight is 216 g/mol. The zero-order valence-corrected chi connectivity index (χ0v) is 9.48. The Morgan fingerprint density at radius 3 is 2.69 bits per heavy atom. The SMILES string of the molecule is Cc1ccc(O)c(C(C#N)N2CCCC2)c1. The molecule has 1 aliphatic rings. The maximum absolute atomic E-state index is 9.82. The van der Waals surface area contributed by atoms with Crippen molar-refractivity contribution in [1.82, 2.24) is 4.90 Å². The third-order valence-electron chi connectivity index (χ3n) is 3.11. The van der Waals surface area contributed by atoms with Gasteiger partial charge in [0.25, 0.3) is 0 Å². The van der Waals surface area contributed by atoms with E-state index < -0.39 is 0 Å². The fourth-order valence-electron chi connectivity index (χ4n) is 2.24. The molecule has 2 rings (SSSR count). The minimum absolute atomic E-state index is 0.226. The Labute approximate surface area is 95.9 Å². The van der Waals surface area contributed by atoms with Crippen molar-refractivity contribution < 1.29 is 5.11 Å². The standard InChI is InChI=1S/C13H16N2O/c1-10-4-5-13(16)11(8-10)12(9-14)15-6-2-3-7-15/h4-5,8,12,16H,2-3,6-7H2,1H3. The fraction of sp³-hybridized carbons (Fsp3) is 0.462. The van der Waals surface area contributed by atoms with Crippen LogP contribution in [-0.4, -0.2) is 23.1 Å². The number of nitriles is 1. The van der Waals surface area contributed by atoms with E-state index >= 15 is 0 Å². The van der Waals surface area contributed by atoms with Crippen LogP contribution in [0.25, 0.3) is 0 Å². The summed E-state index contributed by atoms with van der Waals surface area (Å²) in [7, 11) is 0. The second kappa shape index (κ2) is 4.54. The molecule has 1 N–H and O–H groups in total. The van der Waals surface area contributed by atoms with E-state index in [1.807, 2.05) is 19.1 Å². The third-order valence-corrected chi connectivity index (χ3v) is 3.11. The summed E-state index contributed by atoms with van der Waals surface area (Å²) in [5, 5.41) is 19.1. The lowest BCUT2D eigenvalue weighted by atomic mass is 10.0. The fourth-order valence-corrected chi connectivity index (χ4v) is 2.24. The highest BCUT2D eigenvalue weighted by molar-refractivity contribution is 5.40. The van der Waals surface area contributed by atoms with Crippen molar-refractivity contribution in [3.05, 3.63) is 29.3 Å². The molecule has 3 nitrogen and oxygen atoms in total. The highest BCUT2D eigenvalue weighted by Crippen LogP contribution is 2.31. The lowest BCUT2D eigenvalue weighted by Gasteiger charge is -2.22. The molecule has 0 aromatic heterocycles. The number of aromatic hydroxyl groups is 1. The normalized spacial score (nSPS) is 18.2. The first kappa shape index (κ1) is 11.0. The summed E-state index contributed by atoms with van der Waals surface area (Å²) in [6.07, 6.45) is 2.29. The summed E-state index contributed by atoms with van der Waals surface area (Å²) >= 11 is 0. The highest BCUT2D eigenvalue weighted by Gasteiger charge is 2.25. The minimum Gasteiger partial charge on any atom is -0.508 e. The first-order valence-corrected chi connectivity index (χ1v) is 5.65. The van der Waals surface area contributed by atoms with E-state index in [1.54, 1.807) is 6.07 Å². The maximum atomic E-state index is 9.82. The topological polar surface area (TPSA) is 47.3 Å². The van der Waals surface area contributed by atoms with E-state index in [0.717, 1.165) is 37.1 Å². The largest absolute Gasteiger partial charge is 0.508 e. The number of benzene rings is 1. The van der Waals surface area contributed by atoms with E-state index in [4.69, 9.17) is 0 Å². The Morgan fingerprint density at radius 1 is 1.38 bits per heavy atom. The zero-order chi connectivity index (χ0) is 11.5. The molecule has 1 fully saturated rings. The number of phenolic OH excluding ortho intramolecular Hbond substituents is 1. The Kier molecular flexibility index (Phi) is 3.12. The summed E-state index contributed by atoms with van der Waals surface area (Å²) in [6.45, 7) is 3.87. The average Bonchev–Trinajstić information content (AvgIpc) is 2.78. The van der Waals surface area contributed by atoms with Crippen molar-refractivity contribution in [3.63, 3.8) is 0 Å². The van der Waals surface area contributed by atoms with E-state index in [2.05, 4.69) is 11.0 Å². The molecule has 84 valence electrons. The number of hydrogen-bond acceptors (Lipinski definition) is 3. The van der Waals surface area contributed by atoms with Gasteiger partial charge in [-0.3, -0.25) is 4.90 Å². The molecule has 1 atom stereocenters. The van der Waals surface area contributed by atoms with Crippen molar-refractivity contribution >= 4 is 0 Å². The van der Waals surface area contributed by atoms with Crippen molar-refractivity contribution in [3.8, 4) is 11.8 Å². The van der Waals surface area contributed by atoms with Crippen LogP contribution in [0, 0.1) is 18.3 Å². The highest BCUT2D eigenvalue weighted by atomic mass is 16.3. The molecule has 1 saturated heterocycles. The third kappa shape index (κ3) is 2.02. The van der Waals surface area contributed by atoms with Gasteiger partial charge in [0.15, 0.2) is 0 Å². The van der Waals surface area contributed by atoms with Gasteiger partial charge in [0, 0.05) is 5.56 Å². The molecule has 0 spiro atoms. The van der Waals surface area contributed by atoms with E-state index in [9.17, 15) is 10.4 Å². The van der Waals surface area contributed by atoms with Crippen molar-refractivity contribution in [1.29, 1.82) is 5.26 Å². The first-order chi connectivity index (χ1) is 7.72. The molecule has 1 heterocycles. The van der Waals surface area contributed by atoms with Crippen molar-refractivity contribution in [2.45, 2.75) is 25.8 Å². The predicted octanol–water partition coefficient (Wildman–Crippen LogP) is 2.36. The molecule has 1 aromatic rings. The summed E-state index contributed by atoms with van der Waals surface area (Å²) in [5.74, 6) is 0.226. The van der Waals surface area contributed by atoms with Gasteiger partial charge in [0.2, 0.25) is 0 Å². The Balaban J connectivity index is 2.32. The van der Waals surface area contributed by atoms with Gasteiger partial charge in [-0.15, -0.1) is 0 Å². The van der Waals surface area contributed by atoms with Crippen LogP contribution in [0.2, 0.25) is 0 Å². The van der Waals surface area contributed by atoms with E-state index in [0.29, 0.717) is 0 Å². The Bertz CT molecular complexity index is 416. The van der Waals surface area contributed by atoms with Crippen LogP contribution >= 0.6 is 0 Å². The second-order valence-electron chi connectivity index (χ2n) is 4.34. The summed E-state index contributed by atoms with van der Waals surface area (Å²) in [6, 6.07) is 7.43. The Morgan fingerprint density at radius 2 is 2.06 bits per heavy atom. The number of phenols is 1. The molecule has 0 radical (unpaired) electrons. The van der Waals surface area contributed by atoms with Gasteiger partial charge in [-0.25, -0.2) is 0 Å². The number of likely N-dealkylation sites (tertiary alicyclic amines) is 1. The molecule has 0 amide bonds. The van der Waals surface area contributed by atoms with E-state index in [-0.39, 0.29) is 11.8 Å². The number of aryl methyl sites for hydroxylation is 1. The predicted molar refractivity (Wildman–Crippen MR) is 62.0 cm³/mol. The van der Waals surface area contributed by atoms with Gasteiger partial charge in [0.1, 0.15) is 11.8 Å².